The van der Waals surface area contributed by atoms with Gasteiger partial charge in [0.05, 0.1) is 11.6 Å². The Balaban J connectivity index is 2.61. The van der Waals surface area contributed by atoms with Gasteiger partial charge in [0, 0.05) is 0 Å². The molecule has 13 heavy (non-hydrogen) atoms. The van der Waals surface area contributed by atoms with Crippen molar-refractivity contribution in [3.05, 3.63) is 29.0 Å². The summed E-state index contributed by atoms with van der Waals surface area (Å²) < 4.78 is 18.3. The first-order valence-electron chi connectivity index (χ1n) is 3.93. The predicted molar refractivity (Wildman–Crippen MR) is 55.4 cm³/mol. The molecule has 4 heteroatoms. The number of halogens is 2. The number of ether oxygens (including phenoxy) is 1. The molecule has 0 unspecified atom stereocenters. The van der Waals surface area contributed by atoms with Crippen LogP contribution in [0.1, 0.15) is 6.42 Å². The van der Waals surface area contributed by atoms with E-state index in [1.165, 1.54) is 6.07 Å². The van der Waals surface area contributed by atoms with Gasteiger partial charge in [0.15, 0.2) is 11.6 Å². The van der Waals surface area contributed by atoms with E-state index >= 15 is 0 Å². The summed E-state index contributed by atoms with van der Waals surface area (Å²) in [4.78, 5) is 0. The number of benzene rings is 1. The Bertz CT molecular complexity index is 280. The van der Waals surface area contributed by atoms with Crippen LogP contribution in [0.4, 0.5) is 4.39 Å². The van der Waals surface area contributed by atoms with Gasteiger partial charge in [0.25, 0.3) is 0 Å². The molecule has 0 radical (unpaired) electrons. The Morgan fingerprint density at radius 2 is 2.23 bits per heavy atom. The Kier molecular flexibility index (Phi) is 4.39. The van der Waals surface area contributed by atoms with E-state index in [1.807, 2.05) is 0 Å². The van der Waals surface area contributed by atoms with Gasteiger partial charge in [-0.15, -0.1) is 0 Å². The third-order valence-corrected chi connectivity index (χ3v) is 2.08. The lowest BCUT2D eigenvalue weighted by Crippen LogP contribution is -1.99. The SMILES string of the molecule is Fc1c(Cl)cccc1OCCCS. The van der Waals surface area contributed by atoms with Crippen molar-refractivity contribution in [2.75, 3.05) is 12.4 Å². The van der Waals surface area contributed by atoms with Crippen molar-refractivity contribution in [3.63, 3.8) is 0 Å². The van der Waals surface area contributed by atoms with Gasteiger partial charge in [-0.1, -0.05) is 17.7 Å². The minimum atomic E-state index is -0.497. The molecule has 1 aromatic rings. The van der Waals surface area contributed by atoms with Crippen molar-refractivity contribution in [1.82, 2.24) is 0 Å². The molecular formula is C9H10ClFOS. The minimum Gasteiger partial charge on any atom is -0.490 e. The Hall–Kier alpha value is -0.410. The summed E-state index contributed by atoms with van der Waals surface area (Å²) in [7, 11) is 0. The van der Waals surface area contributed by atoms with Gasteiger partial charge in [-0.2, -0.15) is 12.6 Å². The van der Waals surface area contributed by atoms with Crippen LogP contribution in [-0.4, -0.2) is 12.4 Å². The fourth-order valence-electron chi connectivity index (χ4n) is 0.842. The fourth-order valence-corrected chi connectivity index (χ4v) is 1.14. The third kappa shape index (κ3) is 3.08. The highest BCUT2D eigenvalue weighted by Crippen LogP contribution is 2.23. The van der Waals surface area contributed by atoms with E-state index in [1.54, 1.807) is 12.1 Å². The zero-order valence-electron chi connectivity index (χ0n) is 6.96. The van der Waals surface area contributed by atoms with E-state index in [-0.39, 0.29) is 10.8 Å². The largest absolute Gasteiger partial charge is 0.490 e. The third-order valence-electron chi connectivity index (χ3n) is 1.48. The molecule has 0 aliphatic carbocycles. The van der Waals surface area contributed by atoms with Crippen molar-refractivity contribution < 1.29 is 9.13 Å². The van der Waals surface area contributed by atoms with Crippen LogP contribution in [0.5, 0.6) is 5.75 Å². The lowest BCUT2D eigenvalue weighted by molar-refractivity contribution is 0.302. The van der Waals surface area contributed by atoms with Crippen LogP contribution in [0, 0.1) is 5.82 Å². The summed E-state index contributed by atoms with van der Waals surface area (Å²) in [5.74, 6) is 0.431. The number of thiol groups is 1. The van der Waals surface area contributed by atoms with Crippen molar-refractivity contribution in [1.29, 1.82) is 0 Å². The molecule has 0 saturated carbocycles. The molecule has 0 aliphatic heterocycles. The van der Waals surface area contributed by atoms with E-state index < -0.39 is 5.82 Å². The van der Waals surface area contributed by atoms with E-state index in [2.05, 4.69) is 12.6 Å². The van der Waals surface area contributed by atoms with Gasteiger partial charge in [-0.25, -0.2) is 4.39 Å². The van der Waals surface area contributed by atoms with Crippen LogP contribution < -0.4 is 4.74 Å². The fraction of sp³-hybridized carbons (Fsp3) is 0.333. The molecule has 0 heterocycles. The number of hydrogen-bond donors (Lipinski definition) is 1. The van der Waals surface area contributed by atoms with Gasteiger partial charge in [0.1, 0.15) is 0 Å². The maximum atomic E-state index is 13.2. The summed E-state index contributed by atoms with van der Waals surface area (Å²) in [5, 5.41) is 0.0865. The van der Waals surface area contributed by atoms with Crippen molar-refractivity contribution >= 4 is 24.2 Å². The second-order valence-electron chi connectivity index (χ2n) is 2.48. The molecule has 1 aromatic carbocycles. The van der Waals surface area contributed by atoms with Crippen molar-refractivity contribution in [3.8, 4) is 5.75 Å². The van der Waals surface area contributed by atoms with Gasteiger partial charge in [0.2, 0.25) is 0 Å². The van der Waals surface area contributed by atoms with Gasteiger partial charge >= 0.3 is 0 Å². The second kappa shape index (κ2) is 5.35. The molecule has 0 bridgehead atoms. The molecule has 0 atom stereocenters. The summed E-state index contributed by atoms with van der Waals surface area (Å²) in [5.41, 5.74) is 0. The second-order valence-corrected chi connectivity index (χ2v) is 3.33. The smallest absolute Gasteiger partial charge is 0.183 e. The lowest BCUT2D eigenvalue weighted by atomic mass is 10.3. The number of hydrogen-bond acceptors (Lipinski definition) is 2. The summed E-state index contributed by atoms with van der Waals surface area (Å²) in [6.07, 6.45) is 0.787. The molecule has 72 valence electrons. The number of rotatable bonds is 4. The zero-order valence-corrected chi connectivity index (χ0v) is 8.62. The molecule has 1 nitrogen and oxygen atoms in total. The van der Waals surface area contributed by atoms with Gasteiger partial charge < -0.3 is 4.74 Å². The topological polar surface area (TPSA) is 9.23 Å². The Labute approximate surface area is 87.3 Å². The van der Waals surface area contributed by atoms with Crippen molar-refractivity contribution in [2.45, 2.75) is 6.42 Å². The van der Waals surface area contributed by atoms with Crippen LogP contribution in [0.15, 0.2) is 18.2 Å². The maximum absolute atomic E-state index is 13.2. The molecule has 0 aliphatic rings. The summed E-state index contributed by atoms with van der Waals surface area (Å²) in [6.45, 7) is 0.459. The highest BCUT2D eigenvalue weighted by atomic mass is 35.5. The van der Waals surface area contributed by atoms with E-state index in [0.717, 1.165) is 12.2 Å². The van der Waals surface area contributed by atoms with E-state index in [9.17, 15) is 4.39 Å². The van der Waals surface area contributed by atoms with E-state index in [0.29, 0.717) is 6.61 Å². The van der Waals surface area contributed by atoms with Crippen LogP contribution >= 0.6 is 24.2 Å². The maximum Gasteiger partial charge on any atom is 0.183 e. The highest BCUT2D eigenvalue weighted by molar-refractivity contribution is 7.80. The highest BCUT2D eigenvalue weighted by Gasteiger charge is 2.05. The summed E-state index contributed by atoms with van der Waals surface area (Å²) in [6, 6.07) is 4.70. The molecule has 0 fully saturated rings. The molecular weight excluding hydrogens is 211 g/mol. The van der Waals surface area contributed by atoms with E-state index in [4.69, 9.17) is 16.3 Å². The quantitative estimate of drug-likeness (QED) is 0.606. The first-order valence-corrected chi connectivity index (χ1v) is 4.94. The Morgan fingerprint density at radius 3 is 2.92 bits per heavy atom. The first kappa shape index (κ1) is 10.7. The average molecular weight is 221 g/mol. The molecule has 0 spiro atoms. The molecule has 0 N–H and O–H groups in total. The zero-order chi connectivity index (χ0) is 9.68. The first-order chi connectivity index (χ1) is 6.25. The van der Waals surface area contributed by atoms with Crippen LogP contribution in [0.3, 0.4) is 0 Å². The normalized spacial score (nSPS) is 10.1. The average Bonchev–Trinajstić information content (AvgIpc) is 2.13. The lowest BCUT2D eigenvalue weighted by Gasteiger charge is -2.06. The Morgan fingerprint density at radius 1 is 1.46 bits per heavy atom. The predicted octanol–water partition coefficient (Wildman–Crippen LogP) is 3.18. The van der Waals surface area contributed by atoms with Crippen LogP contribution in [0.25, 0.3) is 0 Å². The molecule has 0 aromatic heterocycles. The summed E-state index contributed by atoms with van der Waals surface area (Å²) >= 11 is 9.57. The van der Waals surface area contributed by atoms with Crippen molar-refractivity contribution in [2.24, 2.45) is 0 Å². The van der Waals surface area contributed by atoms with Gasteiger partial charge in [-0.05, 0) is 24.3 Å². The molecule has 0 saturated heterocycles. The van der Waals surface area contributed by atoms with Crippen LogP contribution in [0.2, 0.25) is 5.02 Å². The molecule has 1 rings (SSSR count). The van der Waals surface area contributed by atoms with Crippen LogP contribution in [-0.2, 0) is 0 Å². The molecule has 0 amide bonds. The van der Waals surface area contributed by atoms with Gasteiger partial charge in [-0.3, -0.25) is 0 Å². The minimum absolute atomic E-state index is 0.0865. The standard InChI is InChI=1S/C9H10ClFOS/c10-7-3-1-4-8(9(7)11)12-5-2-6-13/h1,3-4,13H,2,5-6H2. The monoisotopic (exact) mass is 220 g/mol.